The molecule has 0 aromatic rings. The van der Waals surface area contributed by atoms with Gasteiger partial charge in [-0.1, -0.05) is 20.8 Å². The fourth-order valence-electron chi connectivity index (χ4n) is 4.52. The van der Waals surface area contributed by atoms with Crippen LogP contribution < -0.4 is 5.32 Å². The van der Waals surface area contributed by atoms with E-state index >= 15 is 0 Å². The van der Waals surface area contributed by atoms with Crippen LogP contribution >= 0.6 is 0 Å². The summed E-state index contributed by atoms with van der Waals surface area (Å²) in [5.41, 5.74) is 0.182. The second-order valence-electron chi connectivity index (χ2n) is 10.1. The zero-order valence-corrected chi connectivity index (χ0v) is 17.7. The van der Waals surface area contributed by atoms with E-state index in [1.165, 1.54) is 12.8 Å². The molecule has 6 nitrogen and oxygen atoms in total. The summed E-state index contributed by atoms with van der Waals surface area (Å²) in [6.45, 7) is 8.59. The molecule has 3 aliphatic rings. The third-order valence-corrected chi connectivity index (χ3v) is 6.11. The Labute approximate surface area is 164 Å². The fourth-order valence-corrected chi connectivity index (χ4v) is 4.52. The Bertz CT molecular complexity index is 549. The van der Waals surface area contributed by atoms with Crippen molar-refractivity contribution in [3.8, 4) is 0 Å². The van der Waals surface area contributed by atoms with Crippen LogP contribution in [0.15, 0.2) is 0 Å². The van der Waals surface area contributed by atoms with Gasteiger partial charge in [0.15, 0.2) is 0 Å². The van der Waals surface area contributed by atoms with E-state index in [2.05, 4.69) is 31.0 Å². The first kappa shape index (κ1) is 20.6. The second-order valence-corrected chi connectivity index (χ2v) is 10.1. The number of amides is 2. The monoisotopic (exact) mass is 379 g/mol. The Morgan fingerprint density at radius 2 is 1.78 bits per heavy atom. The minimum absolute atomic E-state index is 0.0296. The molecule has 0 spiro atoms. The molecule has 6 heteroatoms. The molecule has 2 atom stereocenters. The van der Waals surface area contributed by atoms with E-state index in [1.807, 2.05) is 19.0 Å². The lowest BCUT2D eigenvalue weighted by Gasteiger charge is -2.42. The molecule has 1 aliphatic heterocycles. The standard InChI is InChI=1S/C21H37N3O3/c1-21(2,3)13-23(4)12-18(25)24(5)16-10-15(11-16)22-20(26)17-8-9-27-19(17)14-6-7-14/h14-17,19H,6-13H2,1-5H3,(H,22,26)/t15?,16?,17-,19+/m1/s1. The molecule has 0 unspecified atom stereocenters. The van der Waals surface area contributed by atoms with Crippen LogP contribution in [0.1, 0.15) is 52.9 Å². The topological polar surface area (TPSA) is 61.9 Å². The normalized spacial score (nSPS) is 30.9. The lowest BCUT2D eigenvalue weighted by Crippen LogP contribution is -2.56. The van der Waals surface area contributed by atoms with Gasteiger partial charge in [-0.3, -0.25) is 14.5 Å². The first-order valence-electron chi connectivity index (χ1n) is 10.5. The zero-order chi connectivity index (χ0) is 19.8. The summed E-state index contributed by atoms with van der Waals surface area (Å²) in [5.74, 6) is 0.953. The van der Waals surface area contributed by atoms with E-state index in [-0.39, 0.29) is 41.3 Å². The molecule has 0 aromatic heterocycles. The van der Waals surface area contributed by atoms with Crippen LogP contribution in [0.5, 0.6) is 0 Å². The minimum Gasteiger partial charge on any atom is -0.377 e. The molecular weight excluding hydrogens is 342 g/mol. The number of nitrogens with one attached hydrogen (secondary N) is 1. The predicted molar refractivity (Wildman–Crippen MR) is 105 cm³/mol. The van der Waals surface area contributed by atoms with Gasteiger partial charge < -0.3 is 15.0 Å². The Kier molecular flexibility index (Phi) is 6.16. The Morgan fingerprint density at radius 3 is 2.37 bits per heavy atom. The van der Waals surface area contributed by atoms with Gasteiger partial charge in [-0.15, -0.1) is 0 Å². The maximum atomic E-state index is 12.6. The third-order valence-electron chi connectivity index (χ3n) is 6.11. The van der Waals surface area contributed by atoms with Crippen molar-refractivity contribution in [3.63, 3.8) is 0 Å². The van der Waals surface area contributed by atoms with Crippen molar-refractivity contribution in [1.29, 1.82) is 0 Å². The molecule has 1 saturated heterocycles. The van der Waals surface area contributed by atoms with E-state index in [0.29, 0.717) is 19.1 Å². The number of rotatable bonds is 7. The largest absolute Gasteiger partial charge is 0.377 e. The van der Waals surface area contributed by atoms with Crippen molar-refractivity contribution in [2.45, 2.75) is 71.1 Å². The number of carbonyl (C=O) groups excluding carboxylic acids is 2. The lowest BCUT2D eigenvalue weighted by molar-refractivity contribution is -0.135. The van der Waals surface area contributed by atoms with E-state index in [9.17, 15) is 9.59 Å². The van der Waals surface area contributed by atoms with Gasteiger partial charge >= 0.3 is 0 Å². The van der Waals surface area contributed by atoms with E-state index < -0.39 is 0 Å². The van der Waals surface area contributed by atoms with E-state index in [0.717, 1.165) is 25.8 Å². The average molecular weight is 380 g/mol. The van der Waals surface area contributed by atoms with Crippen molar-refractivity contribution >= 4 is 11.8 Å². The summed E-state index contributed by atoms with van der Waals surface area (Å²) in [5, 5.41) is 3.20. The molecule has 3 rings (SSSR count). The number of ether oxygens (including phenoxy) is 1. The van der Waals surface area contributed by atoms with Gasteiger partial charge in [0.05, 0.1) is 18.6 Å². The van der Waals surface area contributed by atoms with Gasteiger partial charge in [0, 0.05) is 32.3 Å². The summed E-state index contributed by atoms with van der Waals surface area (Å²) >= 11 is 0. The number of nitrogens with zero attached hydrogens (tertiary/aromatic N) is 2. The SMILES string of the molecule is CN(CC(=O)N(C)C1CC(NC(=O)[C@@H]2CCO[C@H]2C2CC2)C1)CC(C)(C)C. The van der Waals surface area contributed by atoms with Crippen molar-refractivity contribution < 1.29 is 14.3 Å². The lowest BCUT2D eigenvalue weighted by atomic mass is 9.84. The summed E-state index contributed by atoms with van der Waals surface area (Å²) < 4.78 is 5.79. The maximum Gasteiger partial charge on any atom is 0.236 e. The van der Waals surface area contributed by atoms with Gasteiger partial charge in [-0.05, 0) is 50.5 Å². The van der Waals surface area contributed by atoms with Crippen LogP contribution in [0.25, 0.3) is 0 Å². The van der Waals surface area contributed by atoms with Gasteiger partial charge in [0.25, 0.3) is 0 Å². The molecule has 0 bridgehead atoms. The second kappa shape index (κ2) is 8.08. The zero-order valence-electron chi connectivity index (χ0n) is 17.7. The molecule has 27 heavy (non-hydrogen) atoms. The molecule has 2 aliphatic carbocycles. The van der Waals surface area contributed by atoms with Gasteiger partial charge in [0.2, 0.25) is 11.8 Å². The summed E-state index contributed by atoms with van der Waals surface area (Å²) in [6.07, 6.45) is 5.12. The summed E-state index contributed by atoms with van der Waals surface area (Å²) in [6, 6.07) is 0.440. The van der Waals surface area contributed by atoms with Crippen LogP contribution in [-0.2, 0) is 14.3 Å². The molecule has 1 heterocycles. The molecule has 0 aromatic carbocycles. The third kappa shape index (κ3) is 5.44. The Morgan fingerprint density at radius 1 is 1.11 bits per heavy atom. The highest BCUT2D eigenvalue weighted by atomic mass is 16.5. The first-order chi connectivity index (χ1) is 12.6. The Hall–Kier alpha value is -1.14. The van der Waals surface area contributed by atoms with Gasteiger partial charge in [-0.2, -0.15) is 0 Å². The van der Waals surface area contributed by atoms with Crippen LogP contribution in [-0.4, -0.2) is 73.6 Å². The summed E-state index contributed by atoms with van der Waals surface area (Å²) in [4.78, 5) is 29.1. The van der Waals surface area contributed by atoms with Crippen molar-refractivity contribution in [1.82, 2.24) is 15.1 Å². The van der Waals surface area contributed by atoms with Gasteiger partial charge in [0.1, 0.15) is 0 Å². The van der Waals surface area contributed by atoms with Crippen molar-refractivity contribution in [2.24, 2.45) is 17.3 Å². The highest BCUT2D eigenvalue weighted by Gasteiger charge is 2.45. The minimum atomic E-state index is 0.0296. The summed E-state index contributed by atoms with van der Waals surface area (Å²) in [7, 11) is 3.89. The fraction of sp³-hybridized carbons (Fsp3) is 0.905. The van der Waals surface area contributed by atoms with Crippen molar-refractivity contribution in [2.75, 3.05) is 33.8 Å². The van der Waals surface area contributed by atoms with Crippen LogP contribution in [0, 0.1) is 17.3 Å². The number of hydrogen-bond donors (Lipinski definition) is 1. The smallest absolute Gasteiger partial charge is 0.236 e. The Balaban J connectivity index is 1.38. The molecule has 3 fully saturated rings. The number of hydrogen-bond acceptors (Lipinski definition) is 4. The highest BCUT2D eigenvalue weighted by molar-refractivity contribution is 5.80. The molecule has 1 N–H and O–H groups in total. The van der Waals surface area contributed by atoms with E-state index in [4.69, 9.17) is 4.74 Å². The number of carbonyl (C=O) groups is 2. The van der Waals surface area contributed by atoms with Crippen LogP contribution in [0.4, 0.5) is 0 Å². The quantitative estimate of drug-likeness (QED) is 0.734. The average Bonchev–Trinajstić information content (AvgIpc) is 3.24. The van der Waals surface area contributed by atoms with E-state index in [1.54, 1.807) is 0 Å². The maximum absolute atomic E-state index is 12.6. The highest BCUT2D eigenvalue weighted by Crippen LogP contribution is 2.41. The van der Waals surface area contributed by atoms with Crippen LogP contribution in [0.2, 0.25) is 0 Å². The molecular formula is C21H37N3O3. The molecule has 2 amide bonds. The predicted octanol–water partition coefficient (Wildman–Crippen LogP) is 1.89. The molecule has 2 saturated carbocycles. The number of likely N-dealkylation sites (N-methyl/N-ethyl adjacent to an activating group) is 2. The molecule has 0 radical (unpaired) electrons. The van der Waals surface area contributed by atoms with Crippen molar-refractivity contribution in [3.05, 3.63) is 0 Å². The van der Waals surface area contributed by atoms with Crippen LogP contribution in [0.3, 0.4) is 0 Å². The van der Waals surface area contributed by atoms with Gasteiger partial charge in [-0.25, -0.2) is 0 Å². The molecule has 154 valence electrons. The first-order valence-corrected chi connectivity index (χ1v) is 10.5.